The molecule has 3 nitrogen and oxygen atoms in total. The third-order valence-corrected chi connectivity index (χ3v) is 2.12. The Labute approximate surface area is 91.0 Å². The van der Waals surface area contributed by atoms with Gasteiger partial charge in [0.2, 0.25) is 0 Å². The molecule has 0 aliphatic rings. The quantitative estimate of drug-likeness (QED) is 0.510. The summed E-state index contributed by atoms with van der Waals surface area (Å²) in [4.78, 5) is 10.6. The summed E-state index contributed by atoms with van der Waals surface area (Å²) in [5.74, 6) is 0.585. The van der Waals surface area contributed by atoms with E-state index in [4.69, 9.17) is 4.74 Å². The van der Waals surface area contributed by atoms with Gasteiger partial charge in [-0.05, 0) is 24.5 Å². The lowest BCUT2D eigenvalue weighted by Crippen LogP contribution is -2.07. The SMILES string of the molecule is CC(C)COCCCn1cccc1C=O. The van der Waals surface area contributed by atoms with Crippen LogP contribution in [0.15, 0.2) is 18.3 Å². The van der Waals surface area contributed by atoms with Gasteiger partial charge in [-0.1, -0.05) is 13.8 Å². The fourth-order valence-corrected chi connectivity index (χ4v) is 1.39. The predicted molar refractivity (Wildman–Crippen MR) is 60.1 cm³/mol. The summed E-state index contributed by atoms with van der Waals surface area (Å²) in [7, 11) is 0. The molecule has 0 aliphatic heterocycles. The van der Waals surface area contributed by atoms with E-state index in [-0.39, 0.29) is 0 Å². The summed E-state index contributed by atoms with van der Waals surface area (Å²) in [6, 6.07) is 3.71. The van der Waals surface area contributed by atoms with Crippen molar-refractivity contribution in [2.45, 2.75) is 26.8 Å². The number of ether oxygens (including phenoxy) is 1. The lowest BCUT2D eigenvalue weighted by Gasteiger charge is -2.08. The maximum absolute atomic E-state index is 10.6. The molecule has 0 N–H and O–H groups in total. The summed E-state index contributed by atoms with van der Waals surface area (Å²) in [5.41, 5.74) is 0.735. The first-order valence-corrected chi connectivity index (χ1v) is 5.42. The van der Waals surface area contributed by atoms with Gasteiger partial charge >= 0.3 is 0 Å². The molecule has 0 spiro atoms. The molecule has 0 atom stereocenters. The number of aromatic nitrogens is 1. The van der Waals surface area contributed by atoms with E-state index in [1.807, 2.05) is 22.9 Å². The molecule has 1 heterocycles. The largest absolute Gasteiger partial charge is 0.381 e. The molecule has 0 aliphatic carbocycles. The summed E-state index contributed by atoms with van der Waals surface area (Å²) >= 11 is 0. The Hall–Kier alpha value is -1.09. The average Bonchev–Trinajstić information content (AvgIpc) is 2.64. The van der Waals surface area contributed by atoms with Gasteiger partial charge < -0.3 is 9.30 Å². The summed E-state index contributed by atoms with van der Waals surface area (Å²) in [6.07, 6.45) is 3.75. The highest BCUT2D eigenvalue weighted by Gasteiger charge is 1.98. The second-order valence-electron chi connectivity index (χ2n) is 4.07. The zero-order valence-electron chi connectivity index (χ0n) is 9.48. The van der Waals surface area contributed by atoms with E-state index >= 15 is 0 Å². The van der Waals surface area contributed by atoms with Crippen LogP contribution in [0.3, 0.4) is 0 Å². The third kappa shape index (κ3) is 4.30. The van der Waals surface area contributed by atoms with Crippen LogP contribution < -0.4 is 0 Å². The van der Waals surface area contributed by atoms with Crippen molar-refractivity contribution >= 4 is 6.29 Å². The molecule has 1 rings (SSSR count). The molecular formula is C12H19NO2. The molecule has 0 radical (unpaired) electrons. The number of rotatable bonds is 7. The van der Waals surface area contributed by atoms with Crippen LogP contribution in [0.25, 0.3) is 0 Å². The van der Waals surface area contributed by atoms with E-state index in [2.05, 4.69) is 13.8 Å². The average molecular weight is 209 g/mol. The van der Waals surface area contributed by atoms with Crippen molar-refractivity contribution in [1.82, 2.24) is 4.57 Å². The van der Waals surface area contributed by atoms with Gasteiger partial charge in [-0.25, -0.2) is 0 Å². The zero-order valence-corrected chi connectivity index (χ0v) is 9.48. The topological polar surface area (TPSA) is 31.2 Å². The molecule has 3 heteroatoms. The second-order valence-corrected chi connectivity index (χ2v) is 4.07. The van der Waals surface area contributed by atoms with Crippen LogP contribution in [0.4, 0.5) is 0 Å². The number of carbonyl (C=O) groups is 1. The first-order chi connectivity index (χ1) is 7.24. The van der Waals surface area contributed by atoms with Crippen LogP contribution in [0.2, 0.25) is 0 Å². The van der Waals surface area contributed by atoms with E-state index < -0.39 is 0 Å². The molecule has 0 bridgehead atoms. The molecule has 1 aromatic heterocycles. The highest BCUT2D eigenvalue weighted by atomic mass is 16.5. The van der Waals surface area contributed by atoms with E-state index in [0.29, 0.717) is 5.92 Å². The maximum Gasteiger partial charge on any atom is 0.166 e. The van der Waals surface area contributed by atoms with Gasteiger partial charge in [-0.15, -0.1) is 0 Å². The Kier molecular flexibility index (Phi) is 5.12. The van der Waals surface area contributed by atoms with Crippen molar-refractivity contribution in [2.24, 2.45) is 5.92 Å². The Morgan fingerprint density at radius 1 is 1.53 bits per heavy atom. The van der Waals surface area contributed by atoms with Gasteiger partial charge in [0.05, 0.1) is 5.69 Å². The molecule has 0 fully saturated rings. The van der Waals surface area contributed by atoms with Crippen molar-refractivity contribution in [3.05, 3.63) is 24.0 Å². The van der Waals surface area contributed by atoms with Gasteiger partial charge in [-0.2, -0.15) is 0 Å². The number of aldehydes is 1. The Morgan fingerprint density at radius 2 is 2.33 bits per heavy atom. The van der Waals surface area contributed by atoms with E-state index in [1.54, 1.807) is 0 Å². The van der Waals surface area contributed by atoms with Crippen LogP contribution in [-0.4, -0.2) is 24.1 Å². The molecule has 0 aromatic carbocycles. The van der Waals surface area contributed by atoms with Gasteiger partial charge in [0, 0.05) is 26.0 Å². The minimum absolute atomic E-state index is 0.585. The van der Waals surface area contributed by atoms with Gasteiger partial charge in [0.25, 0.3) is 0 Å². The first kappa shape index (κ1) is 12.0. The number of aryl methyl sites for hydroxylation is 1. The predicted octanol–water partition coefficient (Wildman–Crippen LogP) is 2.36. The lowest BCUT2D eigenvalue weighted by atomic mass is 10.2. The minimum Gasteiger partial charge on any atom is -0.381 e. The van der Waals surface area contributed by atoms with Crippen LogP contribution >= 0.6 is 0 Å². The first-order valence-electron chi connectivity index (χ1n) is 5.42. The maximum atomic E-state index is 10.6. The molecular weight excluding hydrogens is 190 g/mol. The second kappa shape index (κ2) is 6.40. The van der Waals surface area contributed by atoms with Gasteiger partial charge in [0.1, 0.15) is 0 Å². The highest BCUT2D eigenvalue weighted by Crippen LogP contribution is 2.01. The van der Waals surface area contributed by atoms with Crippen molar-refractivity contribution < 1.29 is 9.53 Å². The third-order valence-electron chi connectivity index (χ3n) is 2.12. The van der Waals surface area contributed by atoms with Crippen molar-refractivity contribution in [3.63, 3.8) is 0 Å². The van der Waals surface area contributed by atoms with Crippen LogP contribution in [0.1, 0.15) is 30.8 Å². The lowest BCUT2D eigenvalue weighted by molar-refractivity contribution is 0.104. The number of nitrogens with zero attached hydrogens (tertiary/aromatic N) is 1. The fourth-order valence-electron chi connectivity index (χ4n) is 1.39. The highest BCUT2D eigenvalue weighted by molar-refractivity contribution is 5.72. The van der Waals surface area contributed by atoms with Crippen molar-refractivity contribution in [2.75, 3.05) is 13.2 Å². The van der Waals surface area contributed by atoms with Crippen LogP contribution in [0.5, 0.6) is 0 Å². The molecule has 0 amide bonds. The van der Waals surface area contributed by atoms with Crippen LogP contribution in [0, 0.1) is 5.92 Å². The number of carbonyl (C=O) groups excluding carboxylic acids is 1. The van der Waals surface area contributed by atoms with Crippen molar-refractivity contribution in [3.8, 4) is 0 Å². The van der Waals surface area contributed by atoms with Crippen LogP contribution in [-0.2, 0) is 11.3 Å². The Morgan fingerprint density at radius 3 is 3.00 bits per heavy atom. The zero-order chi connectivity index (χ0) is 11.1. The van der Waals surface area contributed by atoms with E-state index in [1.165, 1.54) is 0 Å². The Bertz CT molecular complexity index is 292. The number of hydrogen-bond donors (Lipinski definition) is 0. The Balaban J connectivity index is 2.17. The number of hydrogen-bond acceptors (Lipinski definition) is 2. The smallest absolute Gasteiger partial charge is 0.166 e. The van der Waals surface area contributed by atoms with E-state index in [9.17, 15) is 4.79 Å². The van der Waals surface area contributed by atoms with Gasteiger partial charge in [0.15, 0.2) is 6.29 Å². The molecule has 0 unspecified atom stereocenters. The molecule has 1 aromatic rings. The molecule has 0 saturated heterocycles. The summed E-state index contributed by atoms with van der Waals surface area (Å²) in [5, 5.41) is 0. The summed E-state index contributed by atoms with van der Waals surface area (Å²) < 4.78 is 7.42. The standard InChI is InChI=1S/C12H19NO2/c1-11(2)10-15-8-4-7-13-6-3-5-12(13)9-14/h3,5-6,9,11H,4,7-8,10H2,1-2H3. The normalized spacial score (nSPS) is 10.9. The monoisotopic (exact) mass is 209 g/mol. The summed E-state index contributed by atoms with van der Waals surface area (Å²) in [6.45, 7) is 6.69. The van der Waals surface area contributed by atoms with Crippen molar-refractivity contribution in [1.29, 1.82) is 0 Å². The fraction of sp³-hybridized carbons (Fsp3) is 0.583. The minimum atomic E-state index is 0.585. The molecule has 84 valence electrons. The van der Waals surface area contributed by atoms with Gasteiger partial charge in [-0.3, -0.25) is 4.79 Å². The molecule has 15 heavy (non-hydrogen) atoms. The molecule has 0 saturated carbocycles. The van der Waals surface area contributed by atoms with E-state index in [0.717, 1.165) is 38.2 Å².